The van der Waals surface area contributed by atoms with E-state index in [1.165, 1.54) is 12.1 Å². The van der Waals surface area contributed by atoms with E-state index in [4.69, 9.17) is 5.73 Å². The summed E-state index contributed by atoms with van der Waals surface area (Å²) < 4.78 is 14.5. The maximum Gasteiger partial charge on any atom is 0.257 e. The van der Waals surface area contributed by atoms with Crippen LogP contribution in [0, 0.1) is 11.7 Å². The van der Waals surface area contributed by atoms with Crippen LogP contribution in [0.15, 0.2) is 22.7 Å². The first kappa shape index (κ1) is 17.4. The van der Waals surface area contributed by atoms with E-state index in [1.54, 1.807) is 11.0 Å². The summed E-state index contributed by atoms with van der Waals surface area (Å²) in [5.41, 5.74) is 5.86. The zero-order valence-corrected chi connectivity index (χ0v) is 13.7. The highest BCUT2D eigenvalue weighted by Crippen LogP contribution is 2.25. The lowest BCUT2D eigenvalue weighted by molar-refractivity contribution is 0.0569. The van der Waals surface area contributed by atoms with E-state index >= 15 is 0 Å². The smallest absolute Gasteiger partial charge is 0.257 e. The molecule has 3 nitrogen and oxygen atoms in total. The quantitative estimate of drug-likeness (QED) is 0.875. The number of hydrogen-bond donors (Lipinski definition) is 1. The van der Waals surface area contributed by atoms with Gasteiger partial charge in [0, 0.05) is 23.6 Å². The molecule has 1 aromatic carbocycles. The molecule has 0 bridgehead atoms. The van der Waals surface area contributed by atoms with Gasteiger partial charge in [0.2, 0.25) is 0 Å². The van der Waals surface area contributed by atoms with Crippen molar-refractivity contribution in [2.24, 2.45) is 11.7 Å². The average molecular weight is 366 g/mol. The number of rotatable bonds is 2. The molecule has 0 aliphatic carbocycles. The van der Waals surface area contributed by atoms with E-state index < -0.39 is 5.82 Å². The van der Waals surface area contributed by atoms with Crippen molar-refractivity contribution >= 4 is 34.2 Å². The monoisotopic (exact) mass is 364 g/mol. The van der Waals surface area contributed by atoms with Crippen molar-refractivity contribution in [3.05, 3.63) is 34.1 Å². The number of carbonyl (C=O) groups is 1. The third kappa shape index (κ3) is 3.71. The number of carbonyl (C=O) groups excluding carboxylic acids is 1. The average Bonchev–Trinajstić information content (AvgIpc) is 2.37. The van der Waals surface area contributed by atoms with Crippen molar-refractivity contribution in [3.63, 3.8) is 0 Å². The van der Waals surface area contributed by atoms with Crippen LogP contribution < -0.4 is 5.73 Å². The molecule has 0 radical (unpaired) electrons. The van der Waals surface area contributed by atoms with E-state index in [1.807, 2.05) is 0 Å². The van der Waals surface area contributed by atoms with Gasteiger partial charge in [-0.25, -0.2) is 4.39 Å². The van der Waals surface area contributed by atoms with Gasteiger partial charge in [0.25, 0.3) is 5.91 Å². The van der Waals surface area contributed by atoms with Crippen LogP contribution in [0.1, 0.15) is 30.1 Å². The summed E-state index contributed by atoms with van der Waals surface area (Å²) in [6, 6.07) is 4.53. The van der Waals surface area contributed by atoms with Crippen LogP contribution in [-0.4, -0.2) is 29.9 Å². The summed E-state index contributed by atoms with van der Waals surface area (Å²) in [5.74, 6) is -0.187. The Balaban J connectivity index is 0.00000200. The molecule has 1 heterocycles. The highest BCUT2D eigenvalue weighted by molar-refractivity contribution is 9.10. The van der Waals surface area contributed by atoms with Gasteiger partial charge in [-0.1, -0.05) is 22.9 Å². The molecule has 0 aromatic heterocycles. The molecule has 6 heteroatoms. The molecule has 0 saturated carbocycles. The van der Waals surface area contributed by atoms with Crippen LogP contribution in [0.4, 0.5) is 4.39 Å². The van der Waals surface area contributed by atoms with Crippen LogP contribution in [0.5, 0.6) is 0 Å². The fourth-order valence-corrected chi connectivity index (χ4v) is 2.89. The second-order valence-electron chi connectivity index (χ2n) is 5.14. The molecule has 1 aromatic rings. The molecule has 112 valence electrons. The minimum atomic E-state index is -0.492. The predicted molar refractivity (Wildman–Crippen MR) is 83.6 cm³/mol. The first-order chi connectivity index (χ1) is 9.02. The lowest BCUT2D eigenvalue weighted by Crippen LogP contribution is -2.49. The third-order valence-electron chi connectivity index (χ3n) is 3.67. The highest BCUT2D eigenvalue weighted by Gasteiger charge is 2.30. The summed E-state index contributed by atoms with van der Waals surface area (Å²) >= 11 is 3.19. The molecular weight excluding hydrogens is 347 g/mol. The molecule has 1 amide bonds. The van der Waals surface area contributed by atoms with Crippen LogP contribution in [-0.2, 0) is 0 Å². The first-order valence-corrected chi connectivity index (χ1v) is 7.28. The number of amides is 1. The molecule has 2 unspecified atom stereocenters. The third-order valence-corrected chi connectivity index (χ3v) is 4.17. The number of benzene rings is 1. The molecule has 0 spiro atoms. The summed E-state index contributed by atoms with van der Waals surface area (Å²) in [6.45, 7) is 3.23. The first-order valence-electron chi connectivity index (χ1n) is 6.49. The van der Waals surface area contributed by atoms with Gasteiger partial charge in [0.05, 0.1) is 5.56 Å². The van der Waals surface area contributed by atoms with Crippen LogP contribution >= 0.6 is 28.3 Å². The molecule has 20 heavy (non-hydrogen) atoms. The maximum absolute atomic E-state index is 13.9. The maximum atomic E-state index is 13.9. The zero-order chi connectivity index (χ0) is 14.0. The van der Waals surface area contributed by atoms with Crippen LogP contribution in [0.25, 0.3) is 0 Å². The van der Waals surface area contributed by atoms with Gasteiger partial charge in [0.1, 0.15) is 5.82 Å². The second kappa shape index (κ2) is 7.38. The summed E-state index contributed by atoms with van der Waals surface area (Å²) in [7, 11) is 0. The minimum Gasteiger partial charge on any atom is -0.334 e. The fourth-order valence-electron chi connectivity index (χ4n) is 2.56. The van der Waals surface area contributed by atoms with Crippen molar-refractivity contribution in [2.45, 2.75) is 25.8 Å². The van der Waals surface area contributed by atoms with Gasteiger partial charge in [-0.3, -0.25) is 4.79 Å². The van der Waals surface area contributed by atoms with Crippen molar-refractivity contribution in [3.8, 4) is 0 Å². The Morgan fingerprint density at radius 1 is 1.55 bits per heavy atom. The number of nitrogens with two attached hydrogens (primary N) is 1. The van der Waals surface area contributed by atoms with Gasteiger partial charge in [-0.15, -0.1) is 12.4 Å². The number of nitrogens with zero attached hydrogens (tertiary/aromatic N) is 1. The van der Waals surface area contributed by atoms with E-state index in [-0.39, 0.29) is 29.9 Å². The van der Waals surface area contributed by atoms with E-state index in [0.29, 0.717) is 23.5 Å². The highest BCUT2D eigenvalue weighted by atomic mass is 79.9. The SMILES string of the molecule is CC1CCN(C(=O)c2ccc(Br)cc2F)C(CN)C1.Cl. The Bertz CT molecular complexity index is 486. The van der Waals surface area contributed by atoms with Gasteiger partial charge in [-0.2, -0.15) is 0 Å². The summed E-state index contributed by atoms with van der Waals surface area (Å²) in [6.07, 6.45) is 1.83. The molecule has 2 atom stereocenters. The van der Waals surface area contributed by atoms with Crippen LogP contribution in [0.3, 0.4) is 0 Å². The Labute approximate surface area is 133 Å². The van der Waals surface area contributed by atoms with Crippen molar-refractivity contribution in [1.29, 1.82) is 0 Å². The van der Waals surface area contributed by atoms with E-state index in [0.717, 1.165) is 12.8 Å². The minimum absolute atomic E-state index is 0. The molecule has 1 aliphatic rings. The predicted octanol–water partition coefficient (Wildman–Crippen LogP) is 3.21. The molecule has 1 saturated heterocycles. The van der Waals surface area contributed by atoms with Crippen LogP contribution in [0.2, 0.25) is 0 Å². The van der Waals surface area contributed by atoms with Gasteiger partial charge in [-0.05, 0) is 37.0 Å². The molecular formula is C14H19BrClFN2O. The molecule has 2 N–H and O–H groups in total. The normalized spacial score (nSPS) is 22.3. The number of hydrogen-bond acceptors (Lipinski definition) is 2. The molecule has 1 aliphatic heterocycles. The van der Waals surface area contributed by atoms with Crippen molar-refractivity contribution < 1.29 is 9.18 Å². The largest absolute Gasteiger partial charge is 0.334 e. The van der Waals surface area contributed by atoms with Gasteiger partial charge in [0.15, 0.2) is 0 Å². The standard InChI is InChI=1S/C14H18BrFN2O.ClH/c1-9-4-5-18(11(6-9)8-17)14(19)12-3-2-10(15)7-13(12)16;/h2-3,7,9,11H,4-6,8,17H2,1H3;1H. The number of piperidine rings is 1. The Morgan fingerprint density at radius 2 is 2.25 bits per heavy atom. The number of halogens is 3. The van der Waals surface area contributed by atoms with E-state index in [2.05, 4.69) is 22.9 Å². The topological polar surface area (TPSA) is 46.3 Å². The summed E-state index contributed by atoms with van der Waals surface area (Å²) in [4.78, 5) is 14.1. The second-order valence-corrected chi connectivity index (χ2v) is 6.06. The fraction of sp³-hybridized carbons (Fsp3) is 0.500. The zero-order valence-electron chi connectivity index (χ0n) is 11.3. The van der Waals surface area contributed by atoms with Gasteiger partial charge < -0.3 is 10.6 Å². The lowest BCUT2D eigenvalue weighted by Gasteiger charge is -2.38. The molecule has 2 rings (SSSR count). The number of likely N-dealkylation sites (tertiary alicyclic amines) is 1. The Kier molecular flexibility index (Phi) is 6.43. The molecule has 1 fully saturated rings. The van der Waals surface area contributed by atoms with Crippen molar-refractivity contribution in [2.75, 3.05) is 13.1 Å². The Hall–Kier alpha value is -0.650. The Morgan fingerprint density at radius 3 is 2.85 bits per heavy atom. The van der Waals surface area contributed by atoms with E-state index in [9.17, 15) is 9.18 Å². The van der Waals surface area contributed by atoms with Gasteiger partial charge >= 0.3 is 0 Å². The summed E-state index contributed by atoms with van der Waals surface area (Å²) in [5, 5.41) is 0. The van der Waals surface area contributed by atoms with Crippen molar-refractivity contribution in [1.82, 2.24) is 4.90 Å². The lowest BCUT2D eigenvalue weighted by atomic mass is 9.92.